The third-order valence-electron chi connectivity index (χ3n) is 18.6. The SMILES string of the molecule is CCCCCCCCOc1c[c-]c(-c2ccccn2)c(OCCCCCCCC)c1C.CCOc1c[c-]c(-c2ccccn2)c(OCC)c1C.Cc1c(OC(C)(C)C)c[c-]c(-c2ccccn2)c1OC(C)(C)C.Cc1c(OC(C)C)c[c-]c(-c2ccccn2)c1OC(C)C.Cc1c(Oc2ccccc2)c[c-]c(-c2ccccn2)c1Oc1ccccc1.[Ir].[Ir].[Ir].[Ir].[Ir]. The molecule has 5 heterocycles. The van der Waals surface area contributed by atoms with Gasteiger partial charge < -0.3 is 72.3 Å². The Bertz CT molecular complexity index is 5000. The number of unbranched alkanes of at least 4 members (excludes halogenated alkanes) is 10. The summed E-state index contributed by atoms with van der Waals surface area (Å²) in [6.07, 6.45) is 24.2. The fraction of sp³-hybridized carbons (Fsp3) is 0.368. The zero-order valence-electron chi connectivity index (χ0n) is 76.7. The van der Waals surface area contributed by atoms with E-state index in [9.17, 15) is 0 Å². The Hall–Kier alpha value is -8.46. The molecule has 7 aromatic carbocycles. The molecular formula is C106H126Ir5N5O10-5. The van der Waals surface area contributed by atoms with E-state index in [-0.39, 0.29) is 124 Å². The minimum atomic E-state index is -0.317. The van der Waals surface area contributed by atoms with Crippen LogP contribution in [-0.4, -0.2) is 74.8 Å². The van der Waals surface area contributed by atoms with E-state index in [0.29, 0.717) is 24.7 Å². The summed E-state index contributed by atoms with van der Waals surface area (Å²) >= 11 is 0. The van der Waals surface area contributed by atoms with Crippen molar-refractivity contribution in [1.82, 2.24) is 24.9 Å². The van der Waals surface area contributed by atoms with Crippen molar-refractivity contribution in [2.24, 2.45) is 0 Å². The molecule has 0 saturated carbocycles. The van der Waals surface area contributed by atoms with Gasteiger partial charge in [0.1, 0.15) is 11.5 Å². The molecule has 0 amide bonds. The number of hydrogen-bond acceptors (Lipinski definition) is 15. The number of benzene rings is 7. The van der Waals surface area contributed by atoms with Gasteiger partial charge in [0, 0.05) is 178 Å². The van der Waals surface area contributed by atoms with Crippen LogP contribution in [0.4, 0.5) is 0 Å². The minimum absolute atomic E-state index is 0. The van der Waals surface area contributed by atoms with E-state index in [1.807, 2.05) is 299 Å². The maximum absolute atomic E-state index is 6.29. The number of hydrogen-bond donors (Lipinski definition) is 0. The Morgan fingerprint density at radius 1 is 0.286 bits per heavy atom. The monoisotopic (exact) mass is 2590 g/mol. The molecule has 0 atom stereocenters. The van der Waals surface area contributed by atoms with Crippen LogP contribution in [0.2, 0.25) is 0 Å². The number of nitrogens with zero attached hydrogens (tertiary/aromatic N) is 5. The average molecular weight is 2590 g/mol. The van der Waals surface area contributed by atoms with Crippen molar-refractivity contribution in [3.05, 3.63) is 271 Å². The molecule has 0 aliphatic carbocycles. The van der Waals surface area contributed by atoms with Gasteiger partial charge in [-0.2, -0.15) is 0 Å². The number of para-hydroxylation sites is 2. The average Bonchev–Trinajstić information content (AvgIpc) is 0.725. The second-order valence-electron chi connectivity index (χ2n) is 31.7. The Kier molecular flexibility index (Phi) is 52.9. The van der Waals surface area contributed by atoms with Crippen LogP contribution in [-0.2, 0) is 101 Å². The summed E-state index contributed by atoms with van der Waals surface area (Å²) < 4.78 is 60.1. The van der Waals surface area contributed by atoms with Gasteiger partial charge in [0.25, 0.3) is 0 Å². The molecule has 126 heavy (non-hydrogen) atoms. The Morgan fingerprint density at radius 2 is 0.595 bits per heavy atom. The number of pyridine rings is 5. The Labute approximate surface area is 820 Å². The molecule has 0 aliphatic rings. The van der Waals surface area contributed by atoms with Gasteiger partial charge in [-0.25, -0.2) is 0 Å². The smallest absolute Gasteiger partial charge is 0.114 e. The van der Waals surface area contributed by atoms with Crippen molar-refractivity contribution in [2.75, 3.05) is 26.4 Å². The quantitative estimate of drug-likeness (QED) is 0.0273. The largest absolute Gasteiger partial charge is 0.537 e. The van der Waals surface area contributed by atoms with Gasteiger partial charge in [0.05, 0.1) is 61.3 Å². The zero-order chi connectivity index (χ0) is 86.9. The maximum Gasteiger partial charge on any atom is 0.114 e. The molecular weight excluding hydrogens is 2460 g/mol. The molecule has 0 bridgehead atoms. The molecule has 0 aliphatic heterocycles. The molecule has 685 valence electrons. The van der Waals surface area contributed by atoms with Crippen LogP contribution in [0.5, 0.6) is 69.0 Å². The maximum atomic E-state index is 6.29. The van der Waals surface area contributed by atoms with Crippen LogP contribution in [0.1, 0.15) is 202 Å². The summed E-state index contributed by atoms with van der Waals surface area (Å²) in [6.45, 7) is 41.5. The van der Waals surface area contributed by atoms with Crippen molar-refractivity contribution in [3.8, 4) is 125 Å². The van der Waals surface area contributed by atoms with Gasteiger partial charge in [-0.15, -0.1) is 60.7 Å². The first-order valence-electron chi connectivity index (χ1n) is 42.9. The molecule has 20 heteroatoms. The predicted octanol–water partition coefficient (Wildman–Crippen LogP) is 28.1. The molecule has 0 unspecified atom stereocenters. The number of ether oxygens (including phenoxy) is 10. The van der Waals surface area contributed by atoms with Gasteiger partial charge in [-0.3, -0.25) is 0 Å². The van der Waals surface area contributed by atoms with Crippen molar-refractivity contribution in [3.63, 3.8) is 0 Å². The van der Waals surface area contributed by atoms with Crippen molar-refractivity contribution in [1.29, 1.82) is 0 Å². The molecule has 12 aromatic rings. The zero-order valence-corrected chi connectivity index (χ0v) is 88.6. The fourth-order valence-electron chi connectivity index (χ4n) is 12.7. The first-order valence-corrected chi connectivity index (χ1v) is 42.9. The summed E-state index contributed by atoms with van der Waals surface area (Å²) in [4.78, 5) is 22.2. The fourth-order valence-corrected chi connectivity index (χ4v) is 12.7. The summed E-state index contributed by atoms with van der Waals surface area (Å²) in [7, 11) is 0. The van der Waals surface area contributed by atoms with E-state index in [1.165, 1.54) is 64.2 Å². The van der Waals surface area contributed by atoms with Gasteiger partial charge in [0.2, 0.25) is 0 Å². The van der Waals surface area contributed by atoms with Gasteiger partial charge in [-0.1, -0.05) is 260 Å². The molecule has 5 radical (unpaired) electrons. The molecule has 15 nitrogen and oxygen atoms in total. The van der Waals surface area contributed by atoms with Crippen LogP contribution >= 0.6 is 0 Å². The van der Waals surface area contributed by atoms with E-state index in [2.05, 4.69) is 76.0 Å². The summed E-state index contributed by atoms with van der Waals surface area (Å²) in [5.41, 5.74) is 12.9. The topological polar surface area (TPSA) is 157 Å². The van der Waals surface area contributed by atoms with Crippen LogP contribution in [0, 0.1) is 65.0 Å². The van der Waals surface area contributed by atoms with Gasteiger partial charge >= 0.3 is 0 Å². The second-order valence-corrected chi connectivity index (χ2v) is 31.7. The van der Waals surface area contributed by atoms with Crippen LogP contribution in [0.15, 0.2) is 213 Å². The first-order chi connectivity index (χ1) is 58.4. The minimum Gasteiger partial charge on any atom is -0.537 e. The molecule has 12 rings (SSSR count). The normalized spacial score (nSPS) is 10.5. The van der Waals surface area contributed by atoms with Gasteiger partial charge in [0.15, 0.2) is 0 Å². The first kappa shape index (κ1) is 112. The number of aromatic nitrogens is 5. The van der Waals surface area contributed by atoms with E-state index in [0.717, 1.165) is 168 Å². The molecule has 0 N–H and O–H groups in total. The standard InChI is InChI=1S/C28H42NO2.C24H18NO2.C20H26NO2.C18H22NO2.C16H18NO2.5Ir/c1-4-6-8-10-12-16-22-30-27-20-19-25(26-18-14-15-21-29-26)28(24(27)3)31-23-17-13-11-9-7-5-2;1-18-23(26-19-10-4-2-5-11-19)16-15-21(22-14-8-9-17-25-22)24(18)27-20-12-6-3-7-13-20;1-14-17(22-19(2,3)4)12-11-15(16-10-8-9-13-21-16)18(14)23-20(5,6)7;1-12(2)20-17-10-9-15(16-8-6-7-11-19-16)18(14(17)5)21-13(3)4;1-4-18-15-10-9-13(14-8-6-7-11-17-14)16(12(15)3)19-5-2;;;;;/h14-15,18,20-21H,4-13,16-17,22-23H2,1-3H3;2-14,16-17H,1H3;8-10,12-13H,1-7H3;6-8,10-13H,1-5H3;6-8,10-11H,4-5H2,1-3H3;;;;;/q5*-1;;;;;. The summed E-state index contributed by atoms with van der Waals surface area (Å²) in [5.74, 6) is 9.43. The van der Waals surface area contributed by atoms with E-state index in [4.69, 9.17) is 47.4 Å². The predicted molar refractivity (Wildman–Crippen MR) is 492 cm³/mol. The van der Waals surface area contributed by atoms with Crippen molar-refractivity contribution < 1.29 is 148 Å². The molecule has 5 aromatic heterocycles. The third kappa shape index (κ3) is 36.9. The van der Waals surface area contributed by atoms with Crippen LogP contribution in [0.3, 0.4) is 0 Å². The van der Waals surface area contributed by atoms with Gasteiger partial charge in [-0.05, 0) is 185 Å². The van der Waals surface area contributed by atoms with E-state index < -0.39 is 0 Å². The molecule has 0 spiro atoms. The Morgan fingerprint density at radius 3 is 0.984 bits per heavy atom. The third-order valence-corrected chi connectivity index (χ3v) is 18.6. The van der Waals surface area contributed by atoms with E-state index in [1.54, 1.807) is 24.8 Å². The molecule has 0 saturated heterocycles. The summed E-state index contributed by atoms with van der Waals surface area (Å²) in [6, 6.07) is 74.4. The summed E-state index contributed by atoms with van der Waals surface area (Å²) in [5, 5.41) is 0. The Balaban J connectivity index is 0.000000406. The van der Waals surface area contributed by atoms with Crippen LogP contribution < -0.4 is 47.4 Å². The van der Waals surface area contributed by atoms with Crippen LogP contribution in [0.25, 0.3) is 56.3 Å². The molecule has 0 fully saturated rings. The van der Waals surface area contributed by atoms with Crippen molar-refractivity contribution >= 4 is 0 Å². The number of rotatable bonds is 35. The van der Waals surface area contributed by atoms with E-state index >= 15 is 0 Å². The van der Waals surface area contributed by atoms with Crippen molar-refractivity contribution in [2.45, 2.75) is 232 Å². The second kappa shape index (κ2) is 59.6.